The van der Waals surface area contributed by atoms with Crippen molar-refractivity contribution >= 4 is 78.1 Å². The number of para-hydroxylation sites is 3. The van der Waals surface area contributed by atoms with Crippen LogP contribution in [0.1, 0.15) is 0 Å². The van der Waals surface area contributed by atoms with Crippen LogP contribution in [-0.2, 0) is 0 Å². The highest BCUT2D eigenvalue weighted by Gasteiger charge is 2.49. The lowest BCUT2D eigenvalue weighted by molar-refractivity contribution is 0.483. The third-order valence-electron chi connectivity index (χ3n) is 11.6. The van der Waals surface area contributed by atoms with Gasteiger partial charge in [-0.2, -0.15) is 0 Å². The molecular weight excluding hydrogens is 717 g/mol. The molecule has 7 aromatic carbocycles. The van der Waals surface area contributed by atoms with Gasteiger partial charge in [-0.25, -0.2) is 9.97 Å². The Labute approximate surface area is 328 Å². The average molecular weight is 749 g/mol. The van der Waals surface area contributed by atoms with Crippen molar-refractivity contribution in [1.82, 2.24) is 18.9 Å². The van der Waals surface area contributed by atoms with Crippen LogP contribution in [0.2, 0.25) is 0 Å². The molecule has 1 aliphatic heterocycles. The fourth-order valence-electron chi connectivity index (χ4n) is 9.25. The number of ether oxygens (including phenoxy) is 2. The first-order chi connectivity index (χ1) is 28.3. The third kappa shape index (κ3) is 4.57. The molecule has 0 radical (unpaired) electrons. The molecule has 4 aromatic heterocycles. The molecule has 0 N–H and O–H groups in total. The van der Waals surface area contributed by atoms with Crippen molar-refractivity contribution in [2.24, 2.45) is 0 Å². The number of fused-ring (bicyclic) bond motifs is 12. The highest BCUT2D eigenvalue weighted by Crippen LogP contribution is 2.41. The van der Waals surface area contributed by atoms with Gasteiger partial charge in [0.05, 0.1) is 22.1 Å². The maximum atomic E-state index is 7.09. The number of benzene rings is 7. The highest BCUT2D eigenvalue weighted by molar-refractivity contribution is 7.20. The first-order valence-corrected chi connectivity index (χ1v) is 21.1. The van der Waals surface area contributed by atoms with Crippen LogP contribution in [0.3, 0.4) is 0 Å². The summed E-state index contributed by atoms with van der Waals surface area (Å²) in [5, 5.41) is 10.4. The molecule has 1 aliphatic rings. The van der Waals surface area contributed by atoms with Gasteiger partial charge >= 0.3 is 0 Å². The first-order valence-electron chi connectivity index (χ1n) is 19.1. The van der Waals surface area contributed by atoms with E-state index < -0.39 is 8.07 Å². The van der Waals surface area contributed by atoms with Crippen molar-refractivity contribution in [3.05, 3.63) is 195 Å². The fourth-order valence-corrected chi connectivity index (χ4v) is 14.1. The van der Waals surface area contributed by atoms with E-state index in [0.717, 1.165) is 77.7 Å². The van der Waals surface area contributed by atoms with Crippen LogP contribution < -0.4 is 30.2 Å². The molecule has 57 heavy (non-hydrogen) atoms. The van der Waals surface area contributed by atoms with E-state index in [1.54, 1.807) is 0 Å². The van der Waals surface area contributed by atoms with Gasteiger partial charge in [-0.3, -0.25) is 8.97 Å². The van der Waals surface area contributed by atoms with E-state index in [9.17, 15) is 0 Å². The Balaban J connectivity index is 1.05. The van der Waals surface area contributed by atoms with Crippen LogP contribution in [0.5, 0.6) is 23.0 Å². The molecule has 0 saturated heterocycles. The van der Waals surface area contributed by atoms with Crippen LogP contribution >= 0.6 is 0 Å². The number of imidazole rings is 1. The molecule has 6 nitrogen and oxygen atoms in total. The first kappa shape index (κ1) is 31.8. The van der Waals surface area contributed by atoms with Crippen LogP contribution in [0.15, 0.2) is 195 Å². The summed E-state index contributed by atoms with van der Waals surface area (Å²) in [5.74, 6) is 3.22. The molecule has 0 unspecified atom stereocenters. The number of rotatable bonds is 5. The lowest BCUT2D eigenvalue weighted by atomic mass is 10.1. The maximum absolute atomic E-state index is 7.09. The second-order valence-corrected chi connectivity index (χ2v) is 18.3. The van der Waals surface area contributed by atoms with E-state index in [0.29, 0.717) is 0 Å². The van der Waals surface area contributed by atoms with Gasteiger partial charge in [0, 0.05) is 46.0 Å². The number of hydrogen-bond donors (Lipinski definition) is 0. The van der Waals surface area contributed by atoms with Gasteiger partial charge in [0.15, 0.2) is 8.07 Å². The quantitative estimate of drug-likeness (QED) is 0.130. The number of nitrogens with zero attached hydrogens (tertiary/aromatic N) is 4. The molecule has 268 valence electrons. The van der Waals surface area contributed by atoms with Crippen molar-refractivity contribution in [2.45, 2.75) is 0 Å². The molecule has 0 aliphatic carbocycles. The average Bonchev–Trinajstić information content (AvgIpc) is 3.91. The maximum Gasteiger partial charge on any atom is 0.190 e. The van der Waals surface area contributed by atoms with Crippen molar-refractivity contribution < 1.29 is 9.47 Å². The van der Waals surface area contributed by atoms with Gasteiger partial charge in [0.2, 0.25) is 0 Å². The molecule has 0 saturated carbocycles. The molecule has 5 heterocycles. The summed E-state index contributed by atoms with van der Waals surface area (Å²) in [6.07, 6.45) is 5.95. The van der Waals surface area contributed by atoms with Gasteiger partial charge < -0.3 is 9.47 Å². The van der Waals surface area contributed by atoms with Gasteiger partial charge in [-0.05, 0) is 69.5 Å². The Kier molecular flexibility index (Phi) is 6.85. The summed E-state index contributed by atoms with van der Waals surface area (Å²) in [6.45, 7) is 0. The van der Waals surface area contributed by atoms with Gasteiger partial charge in [0.25, 0.3) is 0 Å². The molecule has 11 aromatic rings. The summed E-state index contributed by atoms with van der Waals surface area (Å²) in [7, 11) is -2.87. The van der Waals surface area contributed by atoms with Crippen LogP contribution in [-0.4, -0.2) is 27.0 Å². The van der Waals surface area contributed by atoms with Crippen molar-refractivity contribution in [3.63, 3.8) is 0 Å². The number of pyridine rings is 2. The number of aromatic nitrogens is 4. The topological polar surface area (TPSA) is 53.6 Å². The minimum absolute atomic E-state index is 0.723. The summed E-state index contributed by atoms with van der Waals surface area (Å²) in [4.78, 5) is 10.1. The molecule has 0 amide bonds. The zero-order chi connectivity index (χ0) is 37.5. The minimum atomic E-state index is -2.87. The predicted octanol–water partition coefficient (Wildman–Crippen LogP) is 9.41. The molecule has 7 heteroatoms. The highest BCUT2D eigenvalue weighted by atomic mass is 28.3. The van der Waals surface area contributed by atoms with E-state index in [4.69, 9.17) is 19.4 Å². The second kappa shape index (κ2) is 12.3. The summed E-state index contributed by atoms with van der Waals surface area (Å²) >= 11 is 0. The monoisotopic (exact) mass is 748 g/mol. The molecule has 0 bridgehead atoms. The SMILES string of the molecule is c1ccc([Si]2(c3ccccc3)c3ccccc3Oc3c2cnc2c3c3ccccc3n2-c2cccc(Oc3ccc4c5ccccc5n5ccnc5c4c3)c2)cc1. The third-order valence-corrected chi connectivity index (χ3v) is 16.4. The minimum Gasteiger partial charge on any atom is -0.457 e. The molecule has 12 rings (SSSR count). The molecule has 0 spiro atoms. The van der Waals surface area contributed by atoms with Crippen molar-refractivity contribution in [1.29, 1.82) is 0 Å². The Bertz CT molecular complexity index is 3340. The fraction of sp³-hybridized carbons (Fsp3) is 0. The van der Waals surface area contributed by atoms with E-state index in [2.05, 4.69) is 173 Å². The number of hydrogen-bond acceptors (Lipinski definition) is 4. The largest absolute Gasteiger partial charge is 0.457 e. The zero-order valence-electron chi connectivity index (χ0n) is 30.6. The Hall–Kier alpha value is -7.48. The van der Waals surface area contributed by atoms with Crippen LogP contribution in [0.4, 0.5) is 0 Å². The molecular formula is C50H32N4O2Si. The smallest absolute Gasteiger partial charge is 0.190 e. The lowest BCUT2D eigenvalue weighted by Crippen LogP contribution is -2.76. The molecule has 0 atom stereocenters. The van der Waals surface area contributed by atoms with Crippen molar-refractivity contribution in [3.8, 4) is 28.7 Å². The zero-order valence-corrected chi connectivity index (χ0v) is 31.6. The van der Waals surface area contributed by atoms with Crippen LogP contribution in [0.25, 0.3) is 54.9 Å². The Morgan fingerprint density at radius 3 is 2.04 bits per heavy atom. The van der Waals surface area contributed by atoms with Crippen LogP contribution in [0, 0.1) is 0 Å². The lowest BCUT2D eigenvalue weighted by Gasteiger charge is -2.39. The van der Waals surface area contributed by atoms with E-state index in [1.165, 1.54) is 20.9 Å². The predicted molar refractivity (Wildman–Crippen MR) is 233 cm³/mol. The van der Waals surface area contributed by atoms with Gasteiger partial charge in [0.1, 0.15) is 34.3 Å². The molecule has 0 fully saturated rings. The van der Waals surface area contributed by atoms with E-state index in [1.807, 2.05) is 30.6 Å². The van der Waals surface area contributed by atoms with E-state index in [-0.39, 0.29) is 0 Å². The standard InChI is InChI=1S/C50H32N4O2Si/c1-3-16-36(17-4-1)57(37-18-5-2-6-19-37)45-25-12-11-24-44(45)56-48-46(57)32-52-50-47(48)40-21-8-10-23-43(40)54(50)33-14-13-15-34(30-33)55-35-26-27-38-39-20-7-9-22-42(39)53-29-28-51-49(53)41(38)31-35/h1-32H. The summed E-state index contributed by atoms with van der Waals surface area (Å²) in [5.41, 5.74) is 4.84. The van der Waals surface area contributed by atoms with Crippen molar-refractivity contribution in [2.75, 3.05) is 0 Å². The van der Waals surface area contributed by atoms with E-state index >= 15 is 0 Å². The second-order valence-electron chi connectivity index (χ2n) is 14.6. The Morgan fingerprint density at radius 1 is 0.509 bits per heavy atom. The van der Waals surface area contributed by atoms with Gasteiger partial charge in [-0.15, -0.1) is 0 Å². The normalized spacial score (nSPS) is 13.2. The summed E-state index contributed by atoms with van der Waals surface area (Å²) in [6, 6.07) is 61.9. The summed E-state index contributed by atoms with van der Waals surface area (Å²) < 4.78 is 18.1. The van der Waals surface area contributed by atoms with Gasteiger partial charge in [-0.1, -0.05) is 121 Å². The Morgan fingerprint density at radius 2 is 1.21 bits per heavy atom.